The molecule has 1 fully saturated rings. The van der Waals surface area contributed by atoms with E-state index in [0.29, 0.717) is 11.6 Å². The second-order valence-corrected chi connectivity index (χ2v) is 5.59. The van der Waals surface area contributed by atoms with Crippen LogP contribution < -0.4 is 10.1 Å². The number of nitrogens with one attached hydrogen (secondary N) is 1. The number of hydrogen-bond donors (Lipinski definition) is 1. The summed E-state index contributed by atoms with van der Waals surface area (Å²) in [6, 6.07) is 6.13. The molecule has 0 saturated heterocycles. The van der Waals surface area contributed by atoms with Gasteiger partial charge in [-0.15, -0.1) is 0 Å². The van der Waals surface area contributed by atoms with E-state index >= 15 is 0 Å². The summed E-state index contributed by atoms with van der Waals surface area (Å²) in [6.07, 6.45) is 8.02. The van der Waals surface area contributed by atoms with Gasteiger partial charge >= 0.3 is 0 Å². The van der Waals surface area contributed by atoms with Crippen molar-refractivity contribution in [2.45, 2.75) is 57.9 Å². The van der Waals surface area contributed by atoms with Crippen LogP contribution in [0.15, 0.2) is 18.2 Å². The van der Waals surface area contributed by atoms with Crippen LogP contribution in [0.3, 0.4) is 0 Å². The Morgan fingerprint density at radius 3 is 2.70 bits per heavy atom. The zero-order valence-corrected chi connectivity index (χ0v) is 12.6. The van der Waals surface area contributed by atoms with Crippen LogP contribution >= 0.6 is 0 Å². The van der Waals surface area contributed by atoms with E-state index in [1.165, 1.54) is 24.8 Å². The number of benzene rings is 1. The lowest BCUT2D eigenvalue weighted by Gasteiger charge is -2.23. The quantitative estimate of drug-likeness (QED) is 0.889. The summed E-state index contributed by atoms with van der Waals surface area (Å²) in [5.41, 5.74) is 1.87. The van der Waals surface area contributed by atoms with E-state index in [1.807, 2.05) is 18.2 Å². The van der Waals surface area contributed by atoms with Gasteiger partial charge < -0.3 is 10.1 Å². The van der Waals surface area contributed by atoms with Crippen molar-refractivity contribution in [3.05, 3.63) is 29.3 Å². The summed E-state index contributed by atoms with van der Waals surface area (Å²) >= 11 is 0. The van der Waals surface area contributed by atoms with Crippen molar-refractivity contribution in [3.63, 3.8) is 0 Å². The minimum atomic E-state index is 0.0262. The molecule has 3 heteroatoms. The van der Waals surface area contributed by atoms with Crippen LogP contribution in [0, 0.1) is 0 Å². The smallest absolute Gasteiger partial charge is 0.251 e. The molecule has 1 aromatic carbocycles. The largest absolute Gasteiger partial charge is 0.496 e. The first kappa shape index (κ1) is 14.9. The minimum absolute atomic E-state index is 0.0262. The van der Waals surface area contributed by atoms with Gasteiger partial charge in [0.05, 0.1) is 7.11 Å². The Kier molecular flexibility index (Phi) is 5.45. The maximum atomic E-state index is 12.3. The average Bonchev–Trinajstić information content (AvgIpc) is 2.49. The molecule has 0 radical (unpaired) electrons. The highest BCUT2D eigenvalue weighted by molar-refractivity contribution is 5.94. The van der Waals surface area contributed by atoms with Crippen molar-refractivity contribution in [3.8, 4) is 5.75 Å². The van der Waals surface area contributed by atoms with Gasteiger partial charge in [0, 0.05) is 11.6 Å². The molecular weight excluding hydrogens is 250 g/mol. The van der Waals surface area contributed by atoms with Gasteiger partial charge in [-0.3, -0.25) is 4.79 Å². The third-order valence-corrected chi connectivity index (χ3v) is 4.01. The number of hydrogen-bond acceptors (Lipinski definition) is 2. The first-order chi connectivity index (χ1) is 9.74. The molecule has 0 spiro atoms. The van der Waals surface area contributed by atoms with Crippen LogP contribution in [0.4, 0.5) is 0 Å². The molecule has 0 unspecified atom stereocenters. The van der Waals surface area contributed by atoms with E-state index in [0.717, 1.165) is 31.4 Å². The third kappa shape index (κ3) is 3.75. The van der Waals surface area contributed by atoms with E-state index in [1.54, 1.807) is 7.11 Å². The van der Waals surface area contributed by atoms with Crippen molar-refractivity contribution >= 4 is 5.91 Å². The number of carbonyl (C=O) groups is 1. The molecule has 0 heterocycles. The molecule has 110 valence electrons. The zero-order chi connectivity index (χ0) is 14.4. The summed E-state index contributed by atoms with van der Waals surface area (Å²) in [6.45, 7) is 2.14. The topological polar surface area (TPSA) is 38.3 Å². The van der Waals surface area contributed by atoms with E-state index in [-0.39, 0.29) is 5.91 Å². The molecule has 20 heavy (non-hydrogen) atoms. The Bertz CT molecular complexity index is 450. The number of carbonyl (C=O) groups excluding carboxylic acids is 1. The number of aryl methyl sites for hydroxylation is 1. The van der Waals surface area contributed by atoms with Crippen molar-refractivity contribution < 1.29 is 9.53 Å². The number of ether oxygens (including phenoxy) is 1. The van der Waals surface area contributed by atoms with E-state index in [4.69, 9.17) is 4.74 Å². The standard InChI is InChI=1S/C17H25NO2/c1-3-7-13-10-11-14(12-16(13)20-2)17(19)18-15-8-5-4-6-9-15/h10-12,15H,3-9H2,1-2H3,(H,18,19). The molecule has 1 aliphatic carbocycles. The van der Waals surface area contributed by atoms with Crippen molar-refractivity contribution in [1.82, 2.24) is 5.32 Å². The van der Waals surface area contributed by atoms with Crippen LogP contribution in [0.2, 0.25) is 0 Å². The summed E-state index contributed by atoms with van der Waals surface area (Å²) in [5, 5.41) is 3.14. The van der Waals surface area contributed by atoms with E-state index < -0.39 is 0 Å². The molecule has 0 atom stereocenters. The van der Waals surface area contributed by atoms with Gasteiger partial charge in [0.15, 0.2) is 0 Å². The maximum absolute atomic E-state index is 12.3. The molecule has 1 aliphatic rings. The highest BCUT2D eigenvalue weighted by atomic mass is 16.5. The van der Waals surface area contributed by atoms with Crippen molar-refractivity contribution in [2.75, 3.05) is 7.11 Å². The molecule has 1 aromatic rings. The fraction of sp³-hybridized carbons (Fsp3) is 0.588. The highest BCUT2D eigenvalue weighted by Crippen LogP contribution is 2.22. The Labute approximate surface area is 121 Å². The second-order valence-electron chi connectivity index (χ2n) is 5.59. The fourth-order valence-electron chi connectivity index (χ4n) is 2.88. The van der Waals surface area contributed by atoms with Gasteiger partial charge in [-0.1, -0.05) is 38.7 Å². The van der Waals surface area contributed by atoms with Crippen molar-refractivity contribution in [2.24, 2.45) is 0 Å². The molecule has 1 amide bonds. The second kappa shape index (κ2) is 7.32. The van der Waals surface area contributed by atoms with Gasteiger partial charge in [0.1, 0.15) is 5.75 Å². The molecule has 1 saturated carbocycles. The monoisotopic (exact) mass is 275 g/mol. The summed E-state index contributed by atoms with van der Waals surface area (Å²) in [4.78, 5) is 12.3. The maximum Gasteiger partial charge on any atom is 0.251 e. The lowest BCUT2D eigenvalue weighted by atomic mass is 9.95. The highest BCUT2D eigenvalue weighted by Gasteiger charge is 2.17. The Hall–Kier alpha value is -1.51. The van der Waals surface area contributed by atoms with Gasteiger partial charge in [0.2, 0.25) is 0 Å². The summed E-state index contributed by atoms with van der Waals surface area (Å²) < 4.78 is 5.40. The van der Waals surface area contributed by atoms with Crippen LogP contribution in [0.25, 0.3) is 0 Å². The van der Waals surface area contributed by atoms with Gasteiger partial charge in [-0.2, -0.15) is 0 Å². The van der Waals surface area contributed by atoms with Crippen LogP contribution in [-0.4, -0.2) is 19.1 Å². The van der Waals surface area contributed by atoms with E-state index in [9.17, 15) is 4.79 Å². The summed E-state index contributed by atoms with van der Waals surface area (Å²) in [5.74, 6) is 0.849. The average molecular weight is 275 g/mol. The normalized spacial score (nSPS) is 15.9. The lowest BCUT2D eigenvalue weighted by Crippen LogP contribution is -2.36. The Morgan fingerprint density at radius 2 is 2.05 bits per heavy atom. The van der Waals surface area contributed by atoms with Crippen LogP contribution in [0.5, 0.6) is 5.75 Å². The number of rotatable bonds is 5. The van der Waals surface area contributed by atoms with Crippen molar-refractivity contribution in [1.29, 1.82) is 0 Å². The number of methoxy groups -OCH3 is 1. The molecule has 0 aromatic heterocycles. The predicted molar refractivity (Wildman–Crippen MR) is 81.3 cm³/mol. The number of amides is 1. The Balaban J connectivity index is 2.05. The predicted octanol–water partition coefficient (Wildman–Crippen LogP) is 3.71. The summed E-state index contributed by atoms with van der Waals surface area (Å²) in [7, 11) is 1.66. The molecule has 0 bridgehead atoms. The molecule has 3 nitrogen and oxygen atoms in total. The first-order valence-electron chi connectivity index (χ1n) is 7.72. The molecule has 1 N–H and O–H groups in total. The van der Waals surface area contributed by atoms with Gasteiger partial charge in [0.25, 0.3) is 5.91 Å². The molecule has 2 rings (SSSR count). The Morgan fingerprint density at radius 1 is 1.30 bits per heavy atom. The third-order valence-electron chi connectivity index (χ3n) is 4.01. The van der Waals surface area contributed by atoms with Gasteiger partial charge in [-0.05, 0) is 37.0 Å². The fourth-order valence-corrected chi connectivity index (χ4v) is 2.88. The molecule has 0 aliphatic heterocycles. The lowest BCUT2D eigenvalue weighted by molar-refractivity contribution is 0.0927. The van der Waals surface area contributed by atoms with Crippen LogP contribution in [-0.2, 0) is 6.42 Å². The van der Waals surface area contributed by atoms with E-state index in [2.05, 4.69) is 12.2 Å². The molecular formula is C17H25NO2. The SMILES string of the molecule is CCCc1ccc(C(=O)NC2CCCCC2)cc1OC. The zero-order valence-electron chi connectivity index (χ0n) is 12.6. The first-order valence-corrected chi connectivity index (χ1v) is 7.72. The van der Waals surface area contributed by atoms with Crippen LogP contribution in [0.1, 0.15) is 61.4 Å². The minimum Gasteiger partial charge on any atom is -0.496 e. The van der Waals surface area contributed by atoms with Gasteiger partial charge in [-0.25, -0.2) is 0 Å².